The van der Waals surface area contributed by atoms with E-state index in [2.05, 4.69) is 0 Å². The first-order valence-corrected chi connectivity index (χ1v) is 50.5. The zero-order chi connectivity index (χ0) is 101. The van der Waals surface area contributed by atoms with Gasteiger partial charge in [0, 0.05) is 10.5 Å². The van der Waals surface area contributed by atoms with Crippen LogP contribution in [-0.2, 0) is 122 Å². The molecule has 0 radical (unpaired) electrons. The first-order valence-electron chi connectivity index (χ1n) is 49.7. The molecule has 9 aliphatic rings. The highest BCUT2D eigenvalue weighted by molar-refractivity contribution is 7.99. The van der Waals surface area contributed by atoms with Gasteiger partial charge in [-0.2, -0.15) is 0 Å². The minimum atomic E-state index is -2.03. The van der Waals surface area contributed by atoms with E-state index in [1.165, 1.54) is 40.9 Å². The van der Waals surface area contributed by atoms with Crippen molar-refractivity contribution in [2.75, 3.05) is 26.4 Å². The molecule has 0 spiro atoms. The summed E-state index contributed by atoms with van der Waals surface area (Å²) in [6.45, 7) is -0.324. The van der Waals surface area contributed by atoms with Crippen LogP contribution in [0.4, 0.5) is 0 Å². The third-order valence-electron chi connectivity index (χ3n) is 28.2. The Kier molecular flexibility index (Phi) is 30.1. The SMILES string of the molecule is Cc1ccc(S[C@@H]2O[C@H](COCc3ccccc3)[C@@H](O[C@@H]3O[C@H](COCc4ccccc4)[C@@H](O[C@@H]4O[C@H](COCc5ccccc5)[C@@H](O[C@@H]5O[C@@H]6CO[C@@H](c7ccccc7)O[C@H]6[C@H](OCc6ccccc6)[C@H]5N5C(=O)c6ccccc6C5=O)[C@H](OCc5ccccc5)[C@H]4N4C(=O)c5ccccc5C4=O)[C@H](OCc4ccccc4)[C@H]3N3C(=O)c4ccccc4C3=O)[C@H](OCc3ccccc3)[C@H]2N2C(=O)c3ccccc3C2=O)cc1. The average Bonchev–Trinajstić information content (AvgIpc) is 1.47. The lowest BCUT2D eigenvalue weighted by Gasteiger charge is -2.55. The Morgan fingerprint density at radius 2 is 0.520 bits per heavy atom. The largest absolute Gasteiger partial charge is 0.374 e. The predicted octanol–water partition coefficient (Wildman–Crippen LogP) is 16.9. The molecule has 8 amide bonds. The molecule has 13 aromatic rings. The van der Waals surface area contributed by atoms with Crippen molar-refractivity contribution in [3.05, 3.63) is 459 Å². The van der Waals surface area contributed by atoms with Crippen molar-refractivity contribution < 1.29 is 114 Å². The van der Waals surface area contributed by atoms with Crippen LogP contribution in [-0.4, -0.2) is 215 Å². The van der Waals surface area contributed by atoms with Crippen LogP contribution in [0.1, 0.15) is 139 Å². The number of amides is 8. The molecule has 28 nitrogen and oxygen atoms in total. The molecule has 22 rings (SSSR count). The lowest BCUT2D eigenvalue weighted by molar-refractivity contribution is -0.386. The number of thioether (sulfide) groups is 1. The molecule has 29 heteroatoms. The lowest BCUT2D eigenvalue weighted by Crippen LogP contribution is -2.73. The van der Waals surface area contributed by atoms with Crippen molar-refractivity contribution in [1.82, 2.24) is 19.6 Å². The quantitative estimate of drug-likeness (QED) is 0.0327. The second kappa shape index (κ2) is 45.1. The predicted molar refractivity (Wildman–Crippen MR) is 538 cm³/mol. The number of rotatable bonds is 37. The highest BCUT2D eigenvalue weighted by Crippen LogP contribution is 2.49. The van der Waals surface area contributed by atoms with Gasteiger partial charge in [0.05, 0.1) is 117 Å². The monoisotopic (exact) mass is 2010 g/mol. The molecule has 0 aromatic heterocycles. The Morgan fingerprint density at radius 1 is 0.264 bits per heavy atom. The van der Waals surface area contributed by atoms with Crippen LogP contribution in [0.5, 0.6) is 0 Å². The standard InChI is InChI=1S/C119H106N4O24S/c1-73-58-60-82(61-59-73)148-119-98(123-113(130)89-56-32-33-57-90(89)114(123)131)106(138-68-80-46-22-8-23-47-80)101(93(143-119)71-134-64-76-38-14-4-15-39-76)147-117-96(121-109(126)85-52-28-29-53-86(85)110(121)127)104(136-66-78-42-18-6-19-43-78)99(91(141-117)69-132-62-74-34-10-2-11-35-74)145-116-95(120-107(124)83-50-26-27-51-84(83)108(120)125)103(135-65-77-40-16-5-17-41-77)100(92(140-116)70-133-63-75-36-12-3-13-37-75)146-118-97(122-111(128)87-54-30-31-55-88(87)112(122)129)105(137-67-79-44-20-7-21-45-79)102-94(142-118)72-139-115(144-102)81-48-24-9-25-49-81/h2-61,91-106,115-119H,62-72H2,1H3/t91-,92-,93-,94-,95-,96-,97-,98-,99-,100-,101-,102-,103-,104-,105-,106-,115-,116+,117+,118+,119+/m1/s1. The fraction of sp³-hybridized carbons (Fsp3) is 0.277. The Balaban J connectivity index is 0.731. The van der Waals surface area contributed by atoms with Crippen LogP contribution < -0.4 is 0 Å². The van der Waals surface area contributed by atoms with Crippen molar-refractivity contribution in [1.29, 1.82) is 0 Å². The van der Waals surface area contributed by atoms with E-state index in [0.29, 0.717) is 27.1 Å². The van der Waals surface area contributed by atoms with Gasteiger partial charge in [-0.3, -0.25) is 58.0 Å². The Labute approximate surface area is 858 Å². The lowest BCUT2D eigenvalue weighted by atomic mass is 9.91. The molecule has 148 heavy (non-hydrogen) atoms. The number of fused-ring (bicyclic) bond motifs is 5. The third kappa shape index (κ3) is 20.7. The molecule has 0 bridgehead atoms. The van der Waals surface area contributed by atoms with Crippen LogP contribution in [0.25, 0.3) is 0 Å². The molecule has 0 aliphatic carbocycles. The summed E-state index contributed by atoms with van der Waals surface area (Å²) in [6.07, 6.45) is -24.8. The molecular weight excluding hydrogens is 1900 g/mol. The van der Waals surface area contributed by atoms with Gasteiger partial charge in [-0.05, 0) is 107 Å². The Bertz CT molecular complexity index is 6740. The summed E-state index contributed by atoms with van der Waals surface area (Å²) in [4.78, 5) is 135. The van der Waals surface area contributed by atoms with Gasteiger partial charge in [-0.25, -0.2) is 0 Å². The summed E-state index contributed by atoms with van der Waals surface area (Å²) in [5.74, 6) is -6.02. The first-order chi connectivity index (χ1) is 72.7. The number of hydrogen-bond donors (Lipinski definition) is 0. The minimum absolute atomic E-state index is 0.00133. The molecule has 5 saturated heterocycles. The maximum absolute atomic E-state index is 16.6. The van der Waals surface area contributed by atoms with Gasteiger partial charge < -0.3 is 75.8 Å². The number of carbonyl (C=O) groups excluding carboxylic acids is 8. The normalized spacial score (nSPS) is 26.6. The summed E-state index contributed by atoms with van der Waals surface area (Å²) >= 11 is 1.26. The van der Waals surface area contributed by atoms with Crippen molar-refractivity contribution in [3.8, 4) is 0 Å². The second-order valence-electron chi connectivity index (χ2n) is 37.7. The summed E-state index contributed by atoms with van der Waals surface area (Å²) in [5, 5.41) is 0. The van der Waals surface area contributed by atoms with Gasteiger partial charge in [0.1, 0.15) is 103 Å². The van der Waals surface area contributed by atoms with Crippen LogP contribution in [0.2, 0.25) is 0 Å². The average molecular weight is 2010 g/mol. The fourth-order valence-corrected chi connectivity index (χ4v) is 22.2. The fourth-order valence-electron chi connectivity index (χ4n) is 21.0. The van der Waals surface area contributed by atoms with E-state index in [-0.39, 0.29) is 104 Å². The molecule has 5 fully saturated rings. The van der Waals surface area contributed by atoms with Gasteiger partial charge in [-0.15, -0.1) is 0 Å². The van der Waals surface area contributed by atoms with E-state index in [4.69, 9.17) is 75.8 Å². The molecule has 13 aromatic carbocycles. The summed E-state index contributed by atoms with van der Waals surface area (Å²) in [6, 6.07) is 101. The molecule has 21 atom stereocenters. The van der Waals surface area contributed by atoms with Gasteiger partial charge in [0.2, 0.25) is 0 Å². The topological polar surface area (TPSA) is 297 Å². The van der Waals surface area contributed by atoms with E-state index in [9.17, 15) is 0 Å². The molecule has 9 aliphatic heterocycles. The third-order valence-corrected chi connectivity index (χ3v) is 29.4. The Morgan fingerprint density at radius 3 is 0.838 bits per heavy atom. The molecule has 0 N–H and O–H groups in total. The number of carbonyl (C=O) groups is 8. The number of ether oxygens (including phenoxy) is 16. The van der Waals surface area contributed by atoms with Gasteiger partial charge in [0.15, 0.2) is 25.2 Å². The molecule has 752 valence electrons. The van der Waals surface area contributed by atoms with Crippen LogP contribution in [0, 0.1) is 6.92 Å². The maximum Gasteiger partial charge on any atom is 0.262 e. The van der Waals surface area contributed by atoms with E-state index < -0.39 is 188 Å². The molecule has 0 saturated carbocycles. The van der Waals surface area contributed by atoms with E-state index in [1.54, 1.807) is 72.8 Å². The number of nitrogens with zero attached hydrogens (tertiary/aromatic N) is 4. The highest BCUT2D eigenvalue weighted by Gasteiger charge is 2.66. The summed E-state index contributed by atoms with van der Waals surface area (Å²) in [7, 11) is 0. The molecule has 0 unspecified atom stereocenters. The number of hydrogen-bond acceptors (Lipinski definition) is 25. The van der Waals surface area contributed by atoms with Crippen molar-refractivity contribution >= 4 is 59.0 Å². The zero-order valence-corrected chi connectivity index (χ0v) is 81.4. The van der Waals surface area contributed by atoms with Crippen molar-refractivity contribution in [3.63, 3.8) is 0 Å². The number of imide groups is 4. The second-order valence-corrected chi connectivity index (χ2v) is 38.9. The molecular formula is C119H106N4O24S. The van der Waals surface area contributed by atoms with E-state index in [0.717, 1.165) is 42.5 Å². The highest BCUT2D eigenvalue weighted by atomic mass is 32.2. The smallest absolute Gasteiger partial charge is 0.262 e. The Hall–Kier alpha value is -13.9. The van der Waals surface area contributed by atoms with Crippen molar-refractivity contribution in [2.45, 2.75) is 186 Å². The summed E-state index contributed by atoms with van der Waals surface area (Å²) < 4.78 is 120. The van der Waals surface area contributed by atoms with Crippen LogP contribution in [0.15, 0.2) is 369 Å². The van der Waals surface area contributed by atoms with E-state index in [1.807, 2.05) is 274 Å². The van der Waals surface area contributed by atoms with E-state index >= 15 is 38.4 Å². The number of aryl methyl sites for hydroxylation is 1. The maximum atomic E-state index is 16.6. The summed E-state index contributed by atoms with van der Waals surface area (Å²) in [5.41, 5.74) is 5.68. The van der Waals surface area contributed by atoms with Gasteiger partial charge in [0.25, 0.3) is 47.3 Å². The number of benzene rings is 13. The van der Waals surface area contributed by atoms with Crippen LogP contribution >= 0.6 is 11.8 Å². The zero-order valence-electron chi connectivity index (χ0n) is 80.5. The molecule has 9 heterocycles. The minimum Gasteiger partial charge on any atom is -0.374 e. The van der Waals surface area contributed by atoms with Crippen molar-refractivity contribution in [2.24, 2.45) is 0 Å². The van der Waals surface area contributed by atoms with Gasteiger partial charge >= 0.3 is 0 Å². The van der Waals surface area contributed by atoms with Crippen LogP contribution in [0.3, 0.4) is 0 Å². The van der Waals surface area contributed by atoms with Gasteiger partial charge in [-0.1, -0.05) is 321 Å². The first kappa shape index (κ1) is 98.8.